The number of rotatable bonds is 4. The number of aromatic nitrogens is 1. The SMILES string of the molecule is O=C(O)c1ccccc1C(=O)Nc1cccc2ccc(C3C(=O)c4ccccc4C3=O)nc12. The van der Waals surface area contributed by atoms with E-state index >= 15 is 0 Å². The maximum Gasteiger partial charge on any atom is 0.336 e. The zero-order valence-electron chi connectivity index (χ0n) is 17.1. The van der Waals surface area contributed by atoms with Crippen LogP contribution in [0.5, 0.6) is 0 Å². The molecule has 0 saturated carbocycles. The van der Waals surface area contributed by atoms with Gasteiger partial charge in [0.2, 0.25) is 0 Å². The summed E-state index contributed by atoms with van der Waals surface area (Å²) in [6.07, 6.45) is 0. The average molecular weight is 436 g/mol. The van der Waals surface area contributed by atoms with Crippen LogP contribution in [0, 0.1) is 0 Å². The number of anilines is 1. The molecule has 0 unspecified atom stereocenters. The molecule has 0 radical (unpaired) electrons. The molecule has 1 heterocycles. The molecule has 0 spiro atoms. The number of benzene rings is 3. The van der Waals surface area contributed by atoms with E-state index in [1.807, 2.05) is 0 Å². The van der Waals surface area contributed by atoms with Crippen molar-refractivity contribution in [2.24, 2.45) is 0 Å². The predicted octanol–water partition coefficient (Wildman–Crippen LogP) is 4.35. The first-order valence-corrected chi connectivity index (χ1v) is 10.2. The zero-order chi connectivity index (χ0) is 23.1. The van der Waals surface area contributed by atoms with Gasteiger partial charge in [0.1, 0.15) is 5.92 Å². The lowest BCUT2D eigenvalue weighted by molar-refractivity contribution is 0.0692. The minimum atomic E-state index is -1.21. The van der Waals surface area contributed by atoms with Crippen LogP contribution < -0.4 is 5.32 Å². The molecule has 7 nitrogen and oxygen atoms in total. The van der Waals surface area contributed by atoms with Crippen molar-refractivity contribution in [3.8, 4) is 0 Å². The number of hydrogen-bond donors (Lipinski definition) is 2. The fourth-order valence-electron chi connectivity index (χ4n) is 4.09. The second-order valence-corrected chi connectivity index (χ2v) is 7.63. The Bertz CT molecular complexity index is 1460. The number of aromatic carboxylic acids is 1. The third-order valence-corrected chi connectivity index (χ3v) is 5.67. The van der Waals surface area contributed by atoms with Crippen LogP contribution in [0.4, 0.5) is 5.69 Å². The zero-order valence-corrected chi connectivity index (χ0v) is 17.1. The Labute approximate surface area is 187 Å². The lowest BCUT2D eigenvalue weighted by Gasteiger charge is -2.12. The number of carbonyl (C=O) groups is 4. The lowest BCUT2D eigenvalue weighted by atomic mass is 9.98. The van der Waals surface area contributed by atoms with Gasteiger partial charge in [0, 0.05) is 16.5 Å². The quantitative estimate of drug-likeness (QED) is 0.460. The molecule has 0 bridgehead atoms. The Morgan fingerprint density at radius 1 is 0.758 bits per heavy atom. The number of Topliss-reactive ketones (excluding diaryl/α,β-unsaturated/α-hetero) is 2. The van der Waals surface area contributed by atoms with Crippen LogP contribution in [-0.4, -0.2) is 33.5 Å². The number of carboxylic acid groups (broad SMARTS) is 1. The predicted molar refractivity (Wildman–Crippen MR) is 121 cm³/mol. The summed E-state index contributed by atoms with van der Waals surface area (Å²) in [7, 11) is 0. The fourth-order valence-corrected chi connectivity index (χ4v) is 4.09. The van der Waals surface area contributed by atoms with Gasteiger partial charge in [-0.15, -0.1) is 0 Å². The van der Waals surface area contributed by atoms with Crippen molar-refractivity contribution in [3.05, 3.63) is 107 Å². The highest BCUT2D eigenvalue weighted by atomic mass is 16.4. The van der Waals surface area contributed by atoms with Gasteiger partial charge in [0.15, 0.2) is 11.6 Å². The second-order valence-electron chi connectivity index (χ2n) is 7.63. The van der Waals surface area contributed by atoms with Crippen molar-refractivity contribution in [2.75, 3.05) is 5.32 Å². The number of hydrogen-bond acceptors (Lipinski definition) is 5. The molecule has 33 heavy (non-hydrogen) atoms. The number of pyridine rings is 1. The highest BCUT2D eigenvalue weighted by Gasteiger charge is 2.40. The molecule has 1 amide bonds. The van der Waals surface area contributed by atoms with E-state index in [2.05, 4.69) is 10.3 Å². The number of para-hydroxylation sites is 1. The molecule has 1 aromatic heterocycles. The van der Waals surface area contributed by atoms with Crippen LogP contribution in [0.25, 0.3) is 10.9 Å². The number of ketones is 2. The molecular weight excluding hydrogens is 420 g/mol. The average Bonchev–Trinajstić information content (AvgIpc) is 3.09. The van der Waals surface area contributed by atoms with Crippen molar-refractivity contribution in [1.82, 2.24) is 4.98 Å². The van der Waals surface area contributed by atoms with E-state index in [0.717, 1.165) is 0 Å². The summed E-state index contributed by atoms with van der Waals surface area (Å²) >= 11 is 0. The van der Waals surface area contributed by atoms with Crippen molar-refractivity contribution in [1.29, 1.82) is 0 Å². The van der Waals surface area contributed by atoms with E-state index in [4.69, 9.17) is 0 Å². The summed E-state index contributed by atoms with van der Waals surface area (Å²) in [6.45, 7) is 0. The largest absolute Gasteiger partial charge is 0.478 e. The molecular formula is C26H16N2O5. The molecule has 1 aliphatic rings. The van der Waals surface area contributed by atoms with Crippen molar-refractivity contribution in [2.45, 2.75) is 5.92 Å². The van der Waals surface area contributed by atoms with E-state index in [0.29, 0.717) is 33.4 Å². The van der Waals surface area contributed by atoms with E-state index in [1.54, 1.807) is 66.7 Å². The summed E-state index contributed by atoms with van der Waals surface area (Å²) in [5, 5.41) is 12.8. The minimum Gasteiger partial charge on any atom is -0.478 e. The number of nitrogens with one attached hydrogen (secondary N) is 1. The van der Waals surface area contributed by atoms with Gasteiger partial charge in [0.05, 0.1) is 28.0 Å². The van der Waals surface area contributed by atoms with E-state index in [1.165, 1.54) is 12.1 Å². The van der Waals surface area contributed by atoms with E-state index in [9.17, 15) is 24.3 Å². The number of carboxylic acids is 1. The van der Waals surface area contributed by atoms with Crippen LogP contribution in [-0.2, 0) is 0 Å². The summed E-state index contributed by atoms with van der Waals surface area (Å²) in [6, 6.07) is 21.1. The lowest BCUT2D eigenvalue weighted by Crippen LogP contribution is -2.17. The minimum absolute atomic E-state index is 0.00903. The summed E-state index contributed by atoms with van der Waals surface area (Å²) in [5.74, 6) is -3.47. The van der Waals surface area contributed by atoms with Crippen molar-refractivity contribution < 1.29 is 24.3 Å². The number of carbonyl (C=O) groups excluding carboxylic acids is 3. The topological polar surface area (TPSA) is 113 Å². The molecule has 5 rings (SSSR count). The van der Waals surface area contributed by atoms with Gasteiger partial charge in [-0.1, -0.05) is 54.6 Å². The maximum atomic E-state index is 12.9. The van der Waals surface area contributed by atoms with Crippen molar-refractivity contribution in [3.63, 3.8) is 0 Å². The molecule has 2 N–H and O–H groups in total. The Kier molecular flexibility index (Phi) is 4.79. The highest BCUT2D eigenvalue weighted by molar-refractivity contribution is 6.29. The van der Waals surface area contributed by atoms with E-state index in [-0.39, 0.29) is 22.7 Å². The highest BCUT2D eigenvalue weighted by Crippen LogP contribution is 2.34. The third kappa shape index (κ3) is 3.36. The number of fused-ring (bicyclic) bond motifs is 2. The van der Waals surface area contributed by atoms with Gasteiger partial charge in [-0.2, -0.15) is 0 Å². The summed E-state index contributed by atoms with van der Waals surface area (Å²) in [5.41, 5.74) is 1.67. The third-order valence-electron chi connectivity index (χ3n) is 5.67. The summed E-state index contributed by atoms with van der Waals surface area (Å²) < 4.78 is 0. The Morgan fingerprint density at radius 2 is 1.39 bits per heavy atom. The van der Waals surface area contributed by atoms with Crippen molar-refractivity contribution >= 4 is 40.0 Å². The molecule has 0 atom stereocenters. The molecule has 0 aliphatic heterocycles. The molecule has 4 aromatic rings. The first kappa shape index (κ1) is 20.3. The molecule has 0 fully saturated rings. The van der Waals surface area contributed by atoms with Gasteiger partial charge < -0.3 is 10.4 Å². The Morgan fingerprint density at radius 3 is 2.06 bits per heavy atom. The molecule has 1 aliphatic carbocycles. The smallest absolute Gasteiger partial charge is 0.336 e. The monoisotopic (exact) mass is 436 g/mol. The van der Waals surface area contributed by atoms with Gasteiger partial charge in [-0.05, 0) is 24.3 Å². The molecule has 7 heteroatoms. The first-order valence-electron chi connectivity index (χ1n) is 10.2. The maximum absolute atomic E-state index is 12.9. The Balaban J connectivity index is 1.54. The summed E-state index contributed by atoms with van der Waals surface area (Å²) in [4.78, 5) is 54.7. The van der Waals surface area contributed by atoms with Gasteiger partial charge >= 0.3 is 5.97 Å². The van der Waals surface area contributed by atoms with E-state index < -0.39 is 17.8 Å². The Hall–Kier alpha value is -4.65. The molecule has 0 saturated heterocycles. The van der Waals surface area contributed by atoms with Crippen LogP contribution in [0.2, 0.25) is 0 Å². The molecule has 3 aromatic carbocycles. The van der Waals surface area contributed by atoms with Gasteiger partial charge in [-0.3, -0.25) is 14.4 Å². The van der Waals surface area contributed by atoms with Crippen LogP contribution >= 0.6 is 0 Å². The van der Waals surface area contributed by atoms with Crippen LogP contribution in [0.15, 0.2) is 78.9 Å². The molecule has 160 valence electrons. The second kappa shape index (κ2) is 7.80. The standard InChI is InChI=1S/C26H16N2O5/c29-23-15-7-1-2-8-16(15)24(30)21(23)19-13-12-14-6-5-11-20(22(14)27-19)28-25(31)17-9-3-4-10-18(17)26(32)33/h1-13,21H,(H,28,31)(H,32,33). The first-order chi connectivity index (χ1) is 16.0. The number of amides is 1. The van der Waals surface area contributed by atoms with Gasteiger partial charge in [-0.25, -0.2) is 9.78 Å². The van der Waals surface area contributed by atoms with Gasteiger partial charge in [0.25, 0.3) is 5.91 Å². The van der Waals surface area contributed by atoms with Crippen LogP contribution in [0.3, 0.4) is 0 Å². The fraction of sp³-hybridized carbons (Fsp3) is 0.0385. The normalized spacial score (nSPS) is 13.2. The number of nitrogens with zero attached hydrogens (tertiary/aromatic N) is 1. The van der Waals surface area contributed by atoms with Crippen LogP contribution in [0.1, 0.15) is 53.0 Å².